The highest BCUT2D eigenvalue weighted by Crippen LogP contribution is 2.33. The minimum atomic E-state index is -3.84. The van der Waals surface area contributed by atoms with E-state index in [2.05, 4.69) is 41.6 Å². The van der Waals surface area contributed by atoms with Crippen molar-refractivity contribution in [1.82, 2.24) is 4.98 Å². The van der Waals surface area contributed by atoms with Crippen LogP contribution in [0.4, 0.5) is 11.4 Å². The van der Waals surface area contributed by atoms with Crippen molar-refractivity contribution in [3.63, 3.8) is 0 Å². The summed E-state index contributed by atoms with van der Waals surface area (Å²) in [4.78, 5) is 3.90. The van der Waals surface area contributed by atoms with E-state index in [1.165, 1.54) is 18.3 Å². The van der Waals surface area contributed by atoms with Crippen LogP contribution in [0.1, 0.15) is 0 Å². The van der Waals surface area contributed by atoms with Gasteiger partial charge in [-0.15, -0.1) is 0 Å². The molecule has 0 radical (unpaired) electrons. The van der Waals surface area contributed by atoms with Gasteiger partial charge < -0.3 is 5.73 Å². The quantitative estimate of drug-likeness (QED) is 0.563. The van der Waals surface area contributed by atoms with Gasteiger partial charge in [-0.25, -0.2) is 13.4 Å². The number of halogens is 3. The van der Waals surface area contributed by atoms with Crippen molar-refractivity contribution in [1.29, 1.82) is 0 Å². The Labute approximate surface area is 137 Å². The van der Waals surface area contributed by atoms with Gasteiger partial charge in [-0.3, -0.25) is 4.72 Å². The van der Waals surface area contributed by atoms with E-state index in [1.54, 1.807) is 12.1 Å². The van der Waals surface area contributed by atoms with Crippen LogP contribution in [0, 0.1) is 0 Å². The number of anilines is 2. The Kier molecular flexibility index (Phi) is 4.58. The predicted octanol–water partition coefficient (Wildman–Crippen LogP) is 3.64. The third-order valence-electron chi connectivity index (χ3n) is 2.33. The number of hydrogen-bond donors (Lipinski definition) is 2. The SMILES string of the molecule is Nc1cc(Cl)cc(S(=O)(=O)Nc2cccnc2Br)c1Br. The van der Waals surface area contributed by atoms with Crippen LogP contribution < -0.4 is 10.5 Å². The molecule has 0 atom stereocenters. The van der Waals surface area contributed by atoms with Crippen LogP contribution >= 0.6 is 43.5 Å². The van der Waals surface area contributed by atoms with Gasteiger partial charge in [0.15, 0.2) is 0 Å². The number of sulfonamides is 1. The second kappa shape index (κ2) is 5.88. The lowest BCUT2D eigenvalue weighted by molar-refractivity contribution is 0.600. The lowest BCUT2D eigenvalue weighted by Crippen LogP contribution is -2.14. The number of aromatic nitrogens is 1. The fourth-order valence-electron chi connectivity index (χ4n) is 1.44. The van der Waals surface area contributed by atoms with Crippen molar-refractivity contribution in [2.75, 3.05) is 10.5 Å². The molecule has 0 aliphatic heterocycles. The molecule has 0 fully saturated rings. The predicted molar refractivity (Wildman–Crippen MR) is 86.3 cm³/mol. The Morgan fingerprint density at radius 2 is 2.00 bits per heavy atom. The topological polar surface area (TPSA) is 85.1 Å². The molecule has 2 rings (SSSR count). The lowest BCUT2D eigenvalue weighted by atomic mass is 10.3. The summed E-state index contributed by atoms with van der Waals surface area (Å²) in [6.45, 7) is 0. The molecule has 0 aliphatic rings. The minimum absolute atomic E-state index is 0.0433. The van der Waals surface area contributed by atoms with Crippen LogP contribution in [-0.4, -0.2) is 13.4 Å². The van der Waals surface area contributed by atoms with Gasteiger partial charge in [0.2, 0.25) is 0 Å². The van der Waals surface area contributed by atoms with E-state index in [-0.39, 0.29) is 20.1 Å². The highest BCUT2D eigenvalue weighted by molar-refractivity contribution is 9.11. The molecule has 5 nitrogen and oxygen atoms in total. The number of benzene rings is 1. The molecule has 0 aliphatic carbocycles. The fourth-order valence-corrected chi connectivity index (χ4v) is 4.28. The zero-order chi connectivity index (χ0) is 14.9. The summed E-state index contributed by atoms with van der Waals surface area (Å²) in [6, 6.07) is 5.97. The van der Waals surface area contributed by atoms with Crippen molar-refractivity contribution >= 4 is 64.9 Å². The zero-order valence-corrected chi connectivity index (χ0v) is 14.5. The van der Waals surface area contributed by atoms with Gasteiger partial charge >= 0.3 is 0 Å². The third-order valence-corrected chi connectivity index (χ3v) is 5.71. The Balaban J connectivity index is 2.49. The van der Waals surface area contributed by atoms with Crippen LogP contribution in [0.15, 0.2) is 44.4 Å². The molecule has 0 spiro atoms. The largest absolute Gasteiger partial charge is 0.398 e. The average molecular weight is 442 g/mol. The van der Waals surface area contributed by atoms with E-state index in [1.807, 2.05) is 0 Å². The van der Waals surface area contributed by atoms with E-state index in [0.29, 0.717) is 10.3 Å². The first-order valence-electron chi connectivity index (χ1n) is 5.19. The number of hydrogen-bond acceptors (Lipinski definition) is 4. The first kappa shape index (κ1) is 15.6. The van der Waals surface area contributed by atoms with Crippen LogP contribution in [0.2, 0.25) is 5.02 Å². The molecule has 0 amide bonds. The summed E-state index contributed by atoms with van der Waals surface area (Å²) in [5, 5.41) is 0.233. The van der Waals surface area contributed by atoms with E-state index in [9.17, 15) is 8.42 Å². The Morgan fingerprint density at radius 3 is 2.65 bits per heavy atom. The summed E-state index contributed by atoms with van der Waals surface area (Å²) >= 11 is 12.2. The monoisotopic (exact) mass is 439 g/mol. The molecule has 0 unspecified atom stereocenters. The van der Waals surface area contributed by atoms with Gasteiger partial charge in [-0.1, -0.05) is 11.6 Å². The molecular formula is C11H8Br2ClN3O2S. The van der Waals surface area contributed by atoms with Crippen molar-refractivity contribution in [3.8, 4) is 0 Å². The molecule has 1 heterocycles. The van der Waals surface area contributed by atoms with E-state index >= 15 is 0 Å². The van der Waals surface area contributed by atoms with Crippen molar-refractivity contribution in [3.05, 3.63) is 44.6 Å². The van der Waals surface area contributed by atoms with Crippen LogP contribution in [0.25, 0.3) is 0 Å². The van der Waals surface area contributed by atoms with Gasteiger partial charge in [0.25, 0.3) is 10.0 Å². The molecule has 1 aromatic carbocycles. The van der Waals surface area contributed by atoms with E-state index in [0.717, 1.165) is 0 Å². The normalized spacial score (nSPS) is 11.3. The molecule has 20 heavy (non-hydrogen) atoms. The molecule has 106 valence electrons. The second-order valence-corrected chi connectivity index (χ2v) is 7.39. The van der Waals surface area contributed by atoms with Crippen LogP contribution in [-0.2, 0) is 10.0 Å². The maximum absolute atomic E-state index is 12.4. The highest BCUT2D eigenvalue weighted by atomic mass is 79.9. The Hall–Kier alpha value is -0.830. The number of nitrogens with two attached hydrogens (primary N) is 1. The number of nitrogens with zero attached hydrogens (tertiary/aromatic N) is 1. The van der Waals surface area contributed by atoms with Gasteiger partial charge in [0.1, 0.15) is 9.50 Å². The van der Waals surface area contributed by atoms with Gasteiger partial charge in [0.05, 0.1) is 10.2 Å². The third kappa shape index (κ3) is 3.25. The maximum atomic E-state index is 12.4. The zero-order valence-electron chi connectivity index (χ0n) is 9.77. The van der Waals surface area contributed by atoms with E-state index < -0.39 is 10.0 Å². The van der Waals surface area contributed by atoms with Crippen LogP contribution in [0.3, 0.4) is 0 Å². The fraction of sp³-hybridized carbons (Fsp3) is 0. The second-order valence-electron chi connectivity index (χ2n) is 3.75. The van der Waals surface area contributed by atoms with Crippen LogP contribution in [0.5, 0.6) is 0 Å². The number of rotatable bonds is 3. The Bertz CT molecular complexity index is 768. The molecule has 9 heteroatoms. The average Bonchev–Trinajstić information content (AvgIpc) is 2.36. The van der Waals surface area contributed by atoms with Gasteiger partial charge in [-0.2, -0.15) is 0 Å². The summed E-state index contributed by atoms with van der Waals surface area (Å²) in [5.74, 6) is 0. The first-order valence-corrected chi connectivity index (χ1v) is 8.64. The molecule has 0 bridgehead atoms. The van der Waals surface area contributed by atoms with Gasteiger partial charge in [0, 0.05) is 16.9 Å². The molecule has 1 aromatic heterocycles. The van der Waals surface area contributed by atoms with Crippen molar-refractivity contribution < 1.29 is 8.42 Å². The number of nitrogen functional groups attached to an aromatic ring is 1. The van der Waals surface area contributed by atoms with E-state index in [4.69, 9.17) is 17.3 Å². The number of pyridine rings is 1. The van der Waals surface area contributed by atoms with Crippen molar-refractivity contribution in [2.24, 2.45) is 0 Å². The minimum Gasteiger partial charge on any atom is -0.398 e. The lowest BCUT2D eigenvalue weighted by Gasteiger charge is -2.12. The standard InChI is InChI=1S/C11H8Br2ClN3O2S/c12-10-7(15)4-6(14)5-9(10)20(18,19)17-8-2-1-3-16-11(8)13/h1-5,17H,15H2. The summed E-state index contributed by atoms with van der Waals surface area (Å²) < 4.78 is 27.8. The molecule has 0 saturated carbocycles. The maximum Gasteiger partial charge on any atom is 0.263 e. The van der Waals surface area contributed by atoms with Gasteiger partial charge in [-0.05, 0) is 56.1 Å². The summed E-state index contributed by atoms with van der Waals surface area (Å²) in [7, 11) is -3.84. The molecule has 0 saturated heterocycles. The molecular weight excluding hydrogens is 433 g/mol. The summed E-state index contributed by atoms with van der Waals surface area (Å²) in [6.07, 6.45) is 1.54. The number of nitrogens with one attached hydrogen (secondary N) is 1. The highest BCUT2D eigenvalue weighted by Gasteiger charge is 2.21. The molecule has 2 aromatic rings. The Morgan fingerprint density at radius 1 is 1.30 bits per heavy atom. The first-order chi connectivity index (χ1) is 9.31. The summed E-state index contributed by atoms with van der Waals surface area (Å²) in [5.41, 5.74) is 6.25. The smallest absolute Gasteiger partial charge is 0.263 e. The molecule has 3 N–H and O–H groups in total. The van der Waals surface area contributed by atoms with Crippen molar-refractivity contribution in [2.45, 2.75) is 4.90 Å².